The first kappa shape index (κ1) is 46.1. The molecule has 0 radical (unpaired) electrons. The molecule has 0 saturated carbocycles. The Labute approximate surface area is 355 Å². The van der Waals surface area contributed by atoms with Crippen LogP contribution in [0.3, 0.4) is 0 Å². The fourth-order valence-electron chi connectivity index (χ4n) is 5.62. The van der Waals surface area contributed by atoms with Crippen molar-refractivity contribution in [1.29, 1.82) is 0 Å². The number of amides is 2. The van der Waals surface area contributed by atoms with Gasteiger partial charge in [0, 0.05) is 11.4 Å². The van der Waals surface area contributed by atoms with Crippen molar-refractivity contribution in [2.45, 2.75) is 28.8 Å². The number of rotatable bonds is 14. The molecule has 0 aliphatic rings. The summed E-state index contributed by atoms with van der Waals surface area (Å²) in [5.74, 6) is 0.494. The number of ether oxygens (including phenoxy) is 4. The minimum atomic E-state index is -4.47. The van der Waals surface area contributed by atoms with Crippen molar-refractivity contribution >= 4 is 43.2 Å². The van der Waals surface area contributed by atoms with Crippen LogP contribution in [0.4, 0.5) is 24.5 Å². The maximum absolute atomic E-state index is 12.7. The SMILES string of the molecule is COc1ccccc1Oc1ccc(NC(=O)Cc2ccc(C(F)(F)F)cc2)cc1S(N)(=O)=O.COc1ccccc1Oc1ccc(NC(=O)Cc2ccccc2)cc1S(N)(=O)=O. The normalized spacial score (nSPS) is 11.3. The third-order valence-electron chi connectivity index (χ3n) is 8.50. The van der Waals surface area contributed by atoms with Gasteiger partial charge in [-0.1, -0.05) is 66.7 Å². The molecule has 6 rings (SSSR count). The van der Waals surface area contributed by atoms with Crippen LogP contribution in [-0.4, -0.2) is 42.9 Å². The number of nitrogens with two attached hydrogens (primary N) is 2. The topological polar surface area (TPSA) is 215 Å². The zero-order chi connectivity index (χ0) is 45.1. The van der Waals surface area contributed by atoms with Crippen LogP contribution in [0.2, 0.25) is 0 Å². The fraction of sp³-hybridized carbons (Fsp3) is 0.116. The molecule has 0 atom stereocenters. The Morgan fingerprint density at radius 3 is 1.26 bits per heavy atom. The lowest BCUT2D eigenvalue weighted by Crippen LogP contribution is -2.17. The summed E-state index contributed by atoms with van der Waals surface area (Å²) in [6.45, 7) is 0. The second-order valence-electron chi connectivity index (χ2n) is 13.0. The summed E-state index contributed by atoms with van der Waals surface area (Å²) < 4.78 is 108. The molecule has 14 nitrogen and oxygen atoms in total. The molecular formula is C43H39F3N4O10S2. The van der Waals surface area contributed by atoms with Crippen LogP contribution in [0.1, 0.15) is 16.7 Å². The number of nitrogens with one attached hydrogen (secondary N) is 2. The van der Waals surface area contributed by atoms with E-state index in [-0.39, 0.29) is 51.5 Å². The highest BCUT2D eigenvalue weighted by Gasteiger charge is 2.30. The third-order valence-corrected chi connectivity index (χ3v) is 10.4. The average Bonchev–Trinajstić information content (AvgIpc) is 3.22. The van der Waals surface area contributed by atoms with E-state index in [2.05, 4.69) is 10.6 Å². The lowest BCUT2D eigenvalue weighted by atomic mass is 10.1. The van der Waals surface area contributed by atoms with Gasteiger partial charge in [0.05, 0.1) is 32.6 Å². The van der Waals surface area contributed by atoms with Gasteiger partial charge in [0.15, 0.2) is 23.0 Å². The van der Waals surface area contributed by atoms with E-state index >= 15 is 0 Å². The number of sulfonamides is 2. The predicted molar refractivity (Wildman–Crippen MR) is 224 cm³/mol. The van der Waals surface area contributed by atoms with E-state index in [1.807, 2.05) is 30.3 Å². The summed E-state index contributed by atoms with van der Waals surface area (Å²) in [6, 6.07) is 34.9. The fourth-order valence-corrected chi connectivity index (χ4v) is 6.98. The van der Waals surface area contributed by atoms with Gasteiger partial charge in [-0.15, -0.1) is 0 Å². The van der Waals surface area contributed by atoms with Gasteiger partial charge in [-0.3, -0.25) is 9.59 Å². The average molecular weight is 893 g/mol. The number of carbonyl (C=O) groups excluding carboxylic acids is 2. The van der Waals surface area contributed by atoms with Crippen molar-refractivity contribution in [3.05, 3.63) is 156 Å². The molecule has 6 aromatic rings. The molecular weight excluding hydrogens is 854 g/mol. The molecule has 19 heteroatoms. The molecule has 0 aliphatic heterocycles. The Morgan fingerprint density at radius 1 is 0.516 bits per heavy atom. The third kappa shape index (κ3) is 13.0. The molecule has 0 saturated heterocycles. The van der Waals surface area contributed by atoms with Crippen molar-refractivity contribution in [3.8, 4) is 34.5 Å². The lowest BCUT2D eigenvalue weighted by Gasteiger charge is -2.14. The number of benzene rings is 6. The largest absolute Gasteiger partial charge is 0.493 e. The van der Waals surface area contributed by atoms with E-state index in [9.17, 15) is 39.6 Å². The highest BCUT2D eigenvalue weighted by Crippen LogP contribution is 2.37. The monoisotopic (exact) mass is 892 g/mol. The summed E-state index contributed by atoms with van der Waals surface area (Å²) in [5.41, 5.74) is 0.775. The number of para-hydroxylation sites is 4. The Hall–Kier alpha value is -6.93. The zero-order valence-electron chi connectivity index (χ0n) is 32.9. The van der Waals surface area contributed by atoms with Crippen LogP contribution >= 0.6 is 0 Å². The Morgan fingerprint density at radius 2 is 0.887 bits per heavy atom. The van der Waals surface area contributed by atoms with Crippen LogP contribution in [0.15, 0.2) is 149 Å². The second kappa shape index (κ2) is 20.1. The molecule has 6 N–H and O–H groups in total. The van der Waals surface area contributed by atoms with Crippen molar-refractivity contribution in [3.63, 3.8) is 0 Å². The molecule has 6 aromatic carbocycles. The van der Waals surface area contributed by atoms with Crippen LogP contribution < -0.4 is 39.9 Å². The minimum Gasteiger partial charge on any atom is -0.493 e. The summed E-state index contributed by atoms with van der Waals surface area (Å²) in [5, 5.41) is 15.8. The summed E-state index contributed by atoms with van der Waals surface area (Å²) in [6.07, 6.45) is -4.54. The van der Waals surface area contributed by atoms with E-state index in [1.54, 1.807) is 54.6 Å². The van der Waals surface area contributed by atoms with Crippen LogP contribution in [-0.2, 0) is 48.7 Å². The van der Waals surface area contributed by atoms with Gasteiger partial charge in [0.2, 0.25) is 31.9 Å². The van der Waals surface area contributed by atoms with Gasteiger partial charge < -0.3 is 29.6 Å². The van der Waals surface area contributed by atoms with Gasteiger partial charge in [0.1, 0.15) is 21.3 Å². The first-order valence-corrected chi connectivity index (χ1v) is 21.2. The number of hydrogen-bond donors (Lipinski definition) is 4. The molecule has 324 valence electrons. The van der Waals surface area contributed by atoms with Gasteiger partial charge in [-0.05, 0) is 83.9 Å². The predicted octanol–water partition coefficient (Wildman–Crippen LogP) is 7.65. The minimum absolute atomic E-state index is 0.0260. The molecule has 0 fully saturated rings. The number of alkyl halides is 3. The molecule has 0 unspecified atom stereocenters. The first-order chi connectivity index (χ1) is 29.3. The van der Waals surface area contributed by atoms with Gasteiger partial charge >= 0.3 is 6.18 Å². The van der Waals surface area contributed by atoms with Crippen LogP contribution in [0.5, 0.6) is 34.5 Å². The number of primary sulfonamides is 2. The van der Waals surface area contributed by atoms with E-state index in [0.29, 0.717) is 28.5 Å². The second-order valence-corrected chi connectivity index (χ2v) is 16.1. The summed E-state index contributed by atoms with van der Waals surface area (Å²) in [7, 11) is -5.43. The summed E-state index contributed by atoms with van der Waals surface area (Å²) in [4.78, 5) is 24.0. The number of methoxy groups -OCH3 is 2. The molecule has 0 bridgehead atoms. The molecule has 0 aliphatic carbocycles. The van der Waals surface area contributed by atoms with E-state index in [4.69, 9.17) is 29.2 Å². The number of anilines is 2. The van der Waals surface area contributed by atoms with E-state index in [0.717, 1.165) is 23.8 Å². The number of hydrogen-bond acceptors (Lipinski definition) is 10. The van der Waals surface area contributed by atoms with Gasteiger partial charge in [-0.25, -0.2) is 27.1 Å². The van der Waals surface area contributed by atoms with E-state index < -0.39 is 37.7 Å². The first-order valence-electron chi connectivity index (χ1n) is 18.1. The van der Waals surface area contributed by atoms with Gasteiger partial charge in [-0.2, -0.15) is 13.2 Å². The molecule has 0 heterocycles. The van der Waals surface area contributed by atoms with Crippen molar-refractivity contribution in [1.82, 2.24) is 0 Å². The molecule has 62 heavy (non-hydrogen) atoms. The Kier molecular flexibility index (Phi) is 14.9. The standard InChI is InChI=1S/C22H19F3N2O5S.C21H20N2O5S/c1-31-17-4-2-3-5-18(17)32-19-11-10-16(13-20(19)33(26,29)30)27-21(28)12-14-6-8-15(9-7-14)22(23,24)25;1-27-17-9-5-6-10-18(17)28-19-12-11-16(14-20(19)29(22,25)26)23-21(24)13-15-7-3-2-4-8-15/h2-11,13H,12H2,1H3,(H,27,28)(H2,26,29,30);2-12,14H,13H2,1H3,(H,23,24)(H2,22,25,26). The Balaban J connectivity index is 0.000000236. The van der Waals surface area contributed by atoms with Crippen molar-refractivity contribution in [2.24, 2.45) is 10.3 Å². The van der Waals surface area contributed by atoms with E-state index in [1.165, 1.54) is 50.6 Å². The zero-order valence-corrected chi connectivity index (χ0v) is 34.5. The molecule has 2 amide bonds. The Bertz CT molecular complexity index is 2760. The van der Waals surface area contributed by atoms with Crippen molar-refractivity contribution < 1.29 is 58.5 Å². The quantitative estimate of drug-likeness (QED) is 0.0838. The van der Waals surface area contributed by atoms with Crippen LogP contribution in [0.25, 0.3) is 0 Å². The lowest BCUT2D eigenvalue weighted by molar-refractivity contribution is -0.137. The van der Waals surface area contributed by atoms with Crippen molar-refractivity contribution in [2.75, 3.05) is 24.9 Å². The maximum atomic E-state index is 12.7. The molecule has 0 aromatic heterocycles. The highest BCUT2D eigenvalue weighted by molar-refractivity contribution is 7.89. The van der Waals surface area contributed by atoms with Crippen LogP contribution in [0, 0.1) is 0 Å². The molecule has 0 spiro atoms. The summed E-state index contributed by atoms with van der Waals surface area (Å²) >= 11 is 0. The number of carbonyl (C=O) groups is 2. The highest BCUT2D eigenvalue weighted by atomic mass is 32.2. The van der Waals surface area contributed by atoms with Gasteiger partial charge in [0.25, 0.3) is 0 Å². The number of halogens is 3. The smallest absolute Gasteiger partial charge is 0.416 e. The maximum Gasteiger partial charge on any atom is 0.416 e.